The molecule has 11 heteroatoms. The molecule has 35 heavy (non-hydrogen) atoms. The highest BCUT2D eigenvalue weighted by Crippen LogP contribution is 2.38. The van der Waals surface area contributed by atoms with Gasteiger partial charge < -0.3 is 21.3 Å². The number of halogens is 4. The third kappa shape index (κ3) is 5.34. The van der Waals surface area contributed by atoms with E-state index in [9.17, 15) is 27.2 Å². The Balaban J connectivity index is 1.63. The number of amides is 2. The van der Waals surface area contributed by atoms with Crippen LogP contribution in [-0.2, 0) is 17.6 Å². The van der Waals surface area contributed by atoms with Gasteiger partial charge in [0.25, 0.3) is 5.91 Å². The number of nitrogens with zero attached hydrogens (tertiary/aromatic N) is 2. The summed E-state index contributed by atoms with van der Waals surface area (Å²) in [5, 5.41) is 5.52. The van der Waals surface area contributed by atoms with Gasteiger partial charge in [-0.3, -0.25) is 9.59 Å². The quantitative estimate of drug-likeness (QED) is 0.394. The standard InChI is InChI=1S/C24H21F4N5O2/c25-12-14-3-8-19(17(10-14)23(29)35)32-20-11-21(30-13-18(20)24(26,27)28)31-15-4-6-16(7-5-15)33-9-1-2-22(33)34/h3-8,10-11,13H,1-2,9,12H2,(H2,29,35)(H2,30,31,32). The van der Waals surface area contributed by atoms with Crippen LogP contribution in [0.4, 0.5) is 46.1 Å². The summed E-state index contributed by atoms with van der Waals surface area (Å²) in [5.74, 6) is -0.771. The molecule has 182 valence electrons. The van der Waals surface area contributed by atoms with E-state index in [-0.39, 0.29) is 34.2 Å². The average Bonchev–Trinajstić information content (AvgIpc) is 3.25. The number of hydrogen-bond acceptors (Lipinski definition) is 5. The number of rotatable bonds is 7. The Morgan fingerprint density at radius 1 is 1.06 bits per heavy atom. The average molecular weight is 487 g/mol. The summed E-state index contributed by atoms with van der Waals surface area (Å²) in [5.41, 5.74) is 5.20. The summed E-state index contributed by atoms with van der Waals surface area (Å²) in [6.07, 6.45) is -2.78. The fourth-order valence-corrected chi connectivity index (χ4v) is 3.78. The van der Waals surface area contributed by atoms with Crippen LogP contribution in [0.5, 0.6) is 0 Å². The molecule has 3 aromatic rings. The molecule has 0 radical (unpaired) electrons. The van der Waals surface area contributed by atoms with Crippen molar-refractivity contribution in [3.05, 3.63) is 71.4 Å². The van der Waals surface area contributed by atoms with Crippen molar-refractivity contribution in [2.24, 2.45) is 5.73 Å². The molecular weight excluding hydrogens is 466 g/mol. The Morgan fingerprint density at radius 2 is 1.80 bits per heavy atom. The van der Waals surface area contributed by atoms with E-state index in [1.54, 1.807) is 29.2 Å². The second kappa shape index (κ2) is 9.61. The van der Waals surface area contributed by atoms with Crippen molar-refractivity contribution in [3.8, 4) is 0 Å². The monoisotopic (exact) mass is 487 g/mol. The zero-order chi connectivity index (χ0) is 25.2. The van der Waals surface area contributed by atoms with Crippen molar-refractivity contribution >= 4 is 40.4 Å². The predicted molar refractivity (Wildman–Crippen MR) is 124 cm³/mol. The minimum Gasteiger partial charge on any atom is -0.366 e. The molecule has 0 unspecified atom stereocenters. The van der Waals surface area contributed by atoms with E-state index in [4.69, 9.17) is 5.73 Å². The molecule has 1 aliphatic heterocycles. The van der Waals surface area contributed by atoms with Crippen LogP contribution in [0.3, 0.4) is 0 Å². The summed E-state index contributed by atoms with van der Waals surface area (Å²) < 4.78 is 53.9. The van der Waals surface area contributed by atoms with Gasteiger partial charge in [-0.15, -0.1) is 0 Å². The van der Waals surface area contributed by atoms with Crippen LogP contribution in [0, 0.1) is 0 Å². The zero-order valence-electron chi connectivity index (χ0n) is 18.3. The first-order chi connectivity index (χ1) is 16.7. The van der Waals surface area contributed by atoms with E-state index in [2.05, 4.69) is 15.6 Å². The summed E-state index contributed by atoms with van der Waals surface area (Å²) >= 11 is 0. The molecule has 2 heterocycles. The van der Waals surface area contributed by atoms with Crippen LogP contribution in [-0.4, -0.2) is 23.3 Å². The van der Waals surface area contributed by atoms with Gasteiger partial charge in [-0.05, 0) is 48.4 Å². The van der Waals surface area contributed by atoms with Crippen molar-refractivity contribution < 1.29 is 27.2 Å². The normalized spacial score (nSPS) is 13.7. The van der Waals surface area contributed by atoms with Gasteiger partial charge in [0, 0.05) is 36.6 Å². The van der Waals surface area contributed by atoms with Gasteiger partial charge in [-0.1, -0.05) is 6.07 Å². The van der Waals surface area contributed by atoms with Gasteiger partial charge >= 0.3 is 6.18 Å². The minimum atomic E-state index is -4.73. The number of pyridine rings is 1. The Kier molecular flexibility index (Phi) is 6.59. The SMILES string of the molecule is NC(=O)c1cc(CF)ccc1Nc1cc(Nc2ccc(N3CCCC3=O)cc2)ncc1C(F)(F)F. The molecule has 4 rings (SSSR count). The number of nitrogens with two attached hydrogens (primary N) is 1. The van der Waals surface area contributed by atoms with Crippen molar-refractivity contribution in [2.75, 3.05) is 22.1 Å². The number of benzene rings is 2. The number of carbonyl (C=O) groups excluding carboxylic acids is 2. The number of primary amides is 1. The van der Waals surface area contributed by atoms with Crippen LogP contribution >= 0.6 is 0 Å². The first-order valence-corrected chi connectivity index (χ1v) is 10.7. The van der Waals surface area contributed by atoms with E-state index in [1.165, 1.54) is 18.2 Å². The highest BCUT2D eigenvalue weighted by atomic mass is 19.4. The fraction of sp³-hybridized carbons (Fsp3) is 0.208. The summed E-state index contributed by atoms with van der Waals surface area (Å²) in [4.78, 5) is 29.2. The lowest BCUT2D eigenvalue weighted by Gasteiger charge is -2.18. The highest BCUT2D eigenvalue weighted by Gasteiger charge is 2.34. The molecule has 4 N–H and O–H groups in total. The highest BCUT2D eigenvalue weighted by molar-refractivity contribution is 5.99. The van der Waals surface area contributed by atoms with E-state index in [0.29, 0.717) is 24.8 Å². The van der Waals surface area contributed by atoms with Gasteiger partial charge in [-0.25, -0.2) is 9.37 Å². The maximum atomic E-state index is 13.6. The Morgan fingerprint density at radius 3 is 2.40 bits per heavy atom. The van der Waals surface area contributed by atoms with Crippen molar-refractivity contribution in [1.29, 1.82) is 0 Å². The zero-order valence-corrected chi connectivity index (χ0v) is 18.3. The van der Waals surface area contributed by atoms with Crippen LogP contribution in [0.25, 0.3) is 0 Å². The lowest BCUT2D eigenvalue weighted by Crippen LogP contribution is -2.23. The van der Waals surface area contributed by atoms with Crippen molar-refractivity contribution in [2.45, 2.75) is 25.7 Å². The number of anilines is 5. The molecular formula is C24H21F4N5O2. The Hall–Kier alpha value is -4.15. The van der Waals surface area contributed by atoms with Crippen molar-refractivity contribution in [3.63, 3.8) is 0 Å². The number of alkyl halides is 4. The lowest BCUT2D eigenvalue weighted by atomic mass is 10.1. The number of nitrogens with one attached hydrogen (secondary N) is 2. The molecule has 7 nitrogen and oxygen atoms in total. The first-order valence-electron chi connectivity index (χ1n) is 10.7. The molecule has 0 spiro atoms. The maximum Gasteiger partial charge on any atom is 0.419 e. The lowest BCUT2D eigenvalue weighted by molar-refractivity contribution is -0.137. The molecule has 1 aromatic heterocycles. The maximum absolute atomic E-state index is 13.6. The van der Waals surface area contributed by atoms with Gasteiger partial charge in [0.2, 0.25) is 5.91 Å². The van der Waals surface area contributed by atoms with Gasteiger partial charge in [-0.2, -0.15) is 13.2 Å². The fourth-order valence-electron chi connectivity index (χ4n) is 3.78. The first kappa shape index (κ1) is 24.0. The largest absolute Gasteiger partial charge is 0.419 e. The van der Waals surface area contributed by atoms with E-state index >= 15 is 0 Å². The smallest absolute Gasteiger partial charge is 0.366 e. The van der Waals surface area contributed by atoms with E-state index in [0.717, 1.165) is 18.2 Å². The molecule has 0 bridgehead atoms. The summed E-state index contributed by atoms with van der Waals surface area (Å²) in [6.45, 7) is -0.219. The van der Waals surface area contributed by atoms with Gasteiger partial charge in [0.15, 0.2) is 0 Å². The number of hydrogen-bond donors (Lipinski definition) is 3. The molecule has 0 saturated carbocycles. The predicted octanol–water partition coefficient (Wildman–Crippen LogP) is 5.28. The summed E-state index contributed by atoms with van der Waals surface area (Å²) in [6, 6.07) is 11.8. The van der Waals surface area contributed by atoms with Gasteiger partial charge in [0.1, 0.15) is 12.5 Å². The Labute approximate surface area is 197 Å². The topological polar surface area (TPSA) is 100 Å². The van der Waals surface area contributed by atoms with E-state index in [1.807, 2.05) is 0 Å². The molecule has 2 amide bonds. The summed E-state index contributed by atoms with van der Waals surface area (Å²) in [7, 11) is 0. The van der Waals surface area contributed by atoms with Crippen LogP contribution < -0.4 is 21.3 Å². The second-order valence-corrected chi connectivity index (χ2v) is 7.94. The van der Waals surface area contributed by atoms with Gasteiger partial charge in [0.05, 0.1) is 22.5 Å². The Bertz CT molecular complexity index is 1260. The molecule has 0 atom stereocenters. The number of carbonyl (C=O) groups is 2. The van der Waals surface area contributed by atoms with Crippen LogP contribution in [0.2, 0.25) is 0 Å². The molecule has 1 aliphatic rings. The molecule has 0 aliphatic carbocycles. The molecule has 1 fully saturated rings. The third-order valence-corrected chi connectivity index (χ3v) is 5.51. The minimum absolute atomic E-state index is 0.00279. The van der Waals surface area contributed by atoms with Crippen LogP contribution in [0.15, 0.2) is 54.7 Å². The second-order valence-electron chi connectivity index (χ2n) is 7.94. The molecule has 1 saturated heterocycles. The van der Waals surface area contributed by atoms with E-state index < -0.39 is 24.3 Å². The number of aromatic nitrogens is 1. The van der Waals surface area contributed by atoms with Crippen LogP contribution in [0.1, 0.15) is 34.3 Å². The third-order valence-electron chi connectivity index (χ3n) is 5.51. The van der Waals surface area contributed by atoms with Crippen molar-refractivity contribution in [1.82, 2.24) is 4.98 Å². The molecule has 2 aromatic carbocycles.